The molecule has 0 spiro atoms. The topological polar surface area (TPSA) is 66.4 Å². The van der Waals surface area contributed by atoms with Gasteiger partial charge in [0.15, 0.2) is 0 Å². The standard InChI is InChI=1S/C15H20BrNO3/c1-3-10(2)14(15(19)20)17-13(18)9-8-11-6-4-5-7-12(11)16/h4-7,10,14H,3,8-9H2,1-2H3,(H,17,18)(H,19,20). The molecule has 1 rings (SSSR count). The first kappa shape index (κ1) is 16.7. The molecule has 0 radical (unpaired) electrons. The molecule has 20 heavy (non-hydrogen) atoms. The molecule has 0 saturated heterocycles. The number of benzene rings is 1. The Kier molecular flexibility index (Phi) is 6.71. The predicted octanol–water partition coefficient (Wildman–Crippen LogP) is 3.00. The number of carboxylic acid groups (broad SMARTS) is 1. The molecular weight excluding hydrogens is 322 g/mol. The van der Waals surface area contributed by atoms with Gasteiger partial charge in [-0.1, -0.05) is 54.4 Å². The second-order valence-corrected chi connectivity index (χ2v) is 5.71. The zero-order chi connectivity index (χ0) is 15.1. The number of aliphatic carboxylic acids is 1. The second-order valence-electron chi connectivity index (χ2n) is 4.86. The molecule has 110 valence electrons. The molecule has 0 aliphatic heterocycles. The van der Waals surface area contributed by atoms with Crippen LogP contribution in [0.25, 0.3) is 0 Å². The summed E-state index contributed by atoms with van der Waals surface area (Å²) >= 11 is 3.43. The van der Waals surface area contributed by atoms with Gasteiger partial charge in [0, 0.05) is 10.9 Å². The molecule has 0 aromatic heterocycles. The van der Waals surface area contributed by atoms with Crippen LogP contribution in [0.4, 0.5) is 0 Å². The summed E-state index contributed by atoms with van der Waals surface area (Å²) in [7, 11) is 0. The molecule has 0 bridgehead atoms. The lowest BCUT2D eigenvalue weighted by atomic mass is 9.99. The van der Waals surface area contributed by atoms with Crippen molar-refractivity contribution in [3.05, 3.63) is 34.3 Å². The molecule has 1 aromatic carbocycles. The van der Waals surface area contributed by atoms with Gasteiger partial charge >= 0.3 is 5.97 Å². The molecular formula is C15H20BrNO3. The molecule has 4 nitrogen and oxygen atoms in total. The smallest absolute Gasteiger partial charge is 0.326 e. The maximum atomic E-state index is 11.9. The van der Waals surface area contributed by atoms with Crippen molar-refractivity contribution in [1.82, 2.24) is 5.32 Å². The Morgan fingerprint density at radius 3 is 2.55 bits per heavy atom. The molecule has 1 amide bonds. The molecule has 0 aliphatic carbocycles. The van der Waals surface area contributed by atoms with Crippen molar-refractivity contribution < 1.29 is 14.7 Å². The molecule has 0 fully saturated rings. The zero-order valence-electron chi connectivity index (χ0n) is 11.7. The van der Waals surface area contributed by atoms with Gasteiger partial charge in [-0.05, 0) is 24.0 Å². The first-order chi connectivity index (χ1) is 9.45. The third-order valence-electron chi connectivity index (χ3n) is 3.37. The van der Waals surface area contributed by atoms with Gasteiger partial charge in [-0.3, -0.25) is 4.79 Å². The number of carboxylic acids is 1. The van der Waals surface area contributed by atoms with E-state index >= 15 is 0 Å². The number of nitrogens with one attached hydrogen (secondary N) is 1. The van der Waals surface area contributed by atoms with Crippen LogP contribution in [-0.4, -0.2) is 23.0 Å². The monoisotopic (exact) mass is 341 g/mol. The van der Waals surface area contributed by atoms with Gasteiger partial charge in [-0.2, -0.15) is 0 Å². The highest BCUT2D eigenvalue weighted by Crippen LogP contribution is 2.17. The summed E-state index contributed by atoms with van der Waals surface area (Å²) in [4.78, 5) is 23.0. The van der Waals surface area contributed by atoms with Crippen molar-refractivity contribution in [2.24, 2.45) is 5.92 Å². The van der Waals surface area contributed by atoms with E-state index in [4.69, 9.17) is 5.11 Å². The Labute approximate surface area is 127 Å². The van der Waals surface area contributed by atoms with Crippen LogP contribution in [0.3, 0.4) is 0 Å². The summed E-state index contributed by atoms with van der Waals surface area (Å²) in [5.41, 5.74) is 1.04. The summed E-state index contributed by atoms with van der Waals surface area (Å²) < 4.78 is 0.963. The fourth-order valence-corrected chi connectivity index (χ4v) is 2.36. The number of rotatable bonds is 7. The summed E-state index contributed by atoms with van der Waals surface area (Å²) in [6.45, 7) is 3.74. The minimum Gasteiger partial charge on any atom is -0.480 e. The van der Waals surface area contributed by atoms with Crippen molar-refractivity contribution in [3.8, 4) is 0 Å². The Morgan fingerprint density at radius 1 is 1.35 bits per heavy atom. The Bertz CT molecular complexity index is 476. The predicted molar refractivity (Wildman–Crippen MR) is 81.5 cm³/mol. The summed E-state index contributed by atoms with van der Waals surface area (Å²) in [6.07, 6.45) is 1.57. The van der Waals surface area contributed by atoms with Gasteiger partial charge in [-0.15, -0.1) is 0 Å². The number of aryl methyl sites for hydroxylation is 1. The number of carbonyl (C=O) groups is 2. The van der Waals surface area contributed by atoms with Crippen molar-refractivity contribution in [2.45, 2.75) is 39.2 Å². The van der Waals surface area contributed by atoms with E-state index in [1.165, 1.54) is 0 Å². The Balaban J connectivity index is 2.55. The van der Waals surface area contributed by atoms with Gasteiger partial charge in [0.1, 0.15) is 6.04 Å². The van der Waals surface area contributed by atoms with Crippen molar-refractivity contribution >= 4 is 27.8 Å². The van der Waals surface area contributed by atoms with E-state index in [1.54, 1.807) is 0 Å². The summed E-state index contributed by atoms with van der Waals surface area (Å²) in [5.74, 6) is -1.29. The van der Waals surface area contributed by atoms with E-state index in [0.29, 0.717) is 12.8 Å². The Morgan fingerprint density at radius 2 is 2.00 bits per heavy atom. The fraction of sp³-hybridized carbons (Fsp3) is 0.467. The van der Waals surface area contributed by atoms with E-state index in [9.17, 15) is 9.59 Å². The van der Waals surface area contributed by atoms with Crippen molar-refractivity contribution in [1.29, 1.82) is 0 Å². The van der Waals surface area contributed by atoms with Crippen molar-refractivity contribution in [2.75, 3.05) is 0 Å². The van der Waals surface area contributed by atoms with Crippen LogP contribution in [0.1, 0.15) is 32.3 Å². The molecule has 0 saturated carbocycles. The molecule has 5 heteroatoms. The number of amides is 1. The first-order valence-corrected chi connectivity index (χ1v) is 7.50. The van der Waals surface area contributed by atoms with Gasteiger partial charge < -0.3 is 10.4 Å². The molecule has 2 unspecified atom stereocenters. The average molecular weight is 342 g/mol. The molecule has 1 aromatic rings. The highest BCUT2D eigenvalue weighted by molar-refractivity contribution is 9.10. The minimum absolute atomic E-state index is 0.0834. The number of hydrogen-bond donors (Lipinski definition) is 2. The maximum Gasteiger partial charge on any atom is 0.326 e. The van der Waals surface area contributed by atoms with Gasteiger partial charge in [-0.25, -0.2) is 4.79 Å². The highest BCUT2D eigenvalue weighted by atomic mass is 79.9. The lowest BCUT2D eigenvalue weighted by Gasteiger charge is -2.20. The van der Waals surface area contributed by atoms with Crippen LogP contribution in [0.2, 0.25) is 0 Å². The lowest BCUT2D eigenvalue weighted by molar-refractivity contribution is -0.143. The molecule has 0 heterocycles. The van der Waals surface area contributed by atoms with Crippen LogP contribution in [0, 0.1) is 5.92 Å². The highest BCUT2D eigenvalue weighted by Gasteiger charge is 2.24. The van der Waals surface area contributed by atoms with Crippen LogP contribution in [0.5, 0.6) is 0 Å². The van der Waals surface area contributed by atoms with Crippen LogP contribution in [0.15, 0.2) is 28.7 Å². The van der Waals surface area contributed by atoms with E-state index in [1.807, 2.05) is 38.1 Å². The fourth-order valence-electron chi connectivity index (χ4n) is 1.88. The first-order valence-electron chi connectivity index (χ1n) is 6.71. The molecule has 2 N–H and O–H groups in total. The van der Waals surface area contributed by atoms with Crippen LogP contribution in [-0.2, 0) is 16.0 Å². The summed E-state index contributed by atoms with van der Waals surface area (Å²) in [5, 5.41) is 11.7. The second kappa shape index (κ2) is 8.04. The summed E-state index contributed by atoms with van der Waals surface area (Å²) in [6, 6.07) is 6.88. The van der Waals surface area contributed by atoms with Crippen LogP contribution < -0.4 is 5.32 Å². The van der Waals surface area contributed by atoms with E-state index in [0.717, 1.165) is 10.0 Å². The van der Waals surface area contributed by atoms with Crippen LogP contribution >= 0.6 is 15.9 Å². The Hall–Kier alpha value is -1.36. The number of carbonyl (C=O) groups excluding carboxylic acids is 1. The van der Waals surface area contributed by atoms with Crippen molar-refractivity contribution in [3.63, 3.8) is 0 Å². The maximum absolute atomic E-state index is 11.9. The largest absolute Gasteiger partial charge is 0.480 e. The number of hydrogen-bond acceptors (Lipinski definition) is 2. The SMILES string of the molecule is CCC(C)C(NC(=O)CCc1ccccc1Br)C(=O)O. The van der Waals surface area contributed by atoms with E-state index in [-0.39, 0.29) is 18.2 Å². The minimum atomic E-state index is -0.978. The quantitative estimate of drug-likeness (QED) is 0.801. The van der Waals surface area contributed by atoms with Gasteiger partial charge in [0.05, 0.1) is 0 Å². The number of halogens is 1. The molecule has 0 aliphatic rings. The third-order valence-corrected chi connectivity index (χ3v) is 4.15. The normalized spacial score (nSPS) is 13.6. The average Bonchev–Trinajstić information content (AvgIpc) is 2.42. The lowest BCUT2D eigenvalue weighted by Crippen LogP contribution is -2.45. The van der Waals surface area contributed by atoms with E-state index in [2.05, 4.69) is 21.2 Å². The third kappa shape index (κ3) is 4.96. The van der Waals surface area contributed by atoms with E-state index < -0.39 is 12.0 Å². The molecule has 2 atom stereocenters. The van der Waals surface area contributed by atoms with Gasteiger partial charge in [0.25, 0.3) is 0 Å². The zero-order valence-corrected chi connectivity index (χ0v) is 13.3. The van der Waals surface area contributed by atoms with Gasteiger partial charge in [0.2, 0.25) is 5.91 Å².